The van der Waals surface area contributed by atoms with Crippen molar-refractivity contribution >= 4 is 5.91 Å². The van der Waals surface area contributed by atoms with Crippen molar-refractivity contribution in [2.24, 2.45) is 5.92 Å². The number of morpholine rings is 1. The van der Waals surface area contributed by atoms with Gasteiger partial charge in [0.05, 0.1) is 19.3 Å². The molecule has 0 radical (unpaired) electrons. The lowest BCUT2D eigenvalue weighted by atomic mass is 10.0. The fourth-order valence-corrected chi connectivity index (χ4v) is 2.95. The molecule has 2 rings (SSSR count). The first-order valence-corrected chi connectivity index (χ1v) is 6.91. The van der Waals surface area contributed by atoms with Crippen LogP contribution in [0.1, 0.15) is 12.8 Å². The molecule has 1 amide bonds. The Kier molecular flexibility index (Phi) is 4.97. The van der Waals surface area contributed by atoms with Crippen LogP contribution < -0.4 is 5.32 Å². The van der Waals surface area contributed by atoms with E-state index in [-0.39, 0.29) is 6.04 Å². The van der Waals surface area contributed by atoms with Gasteiger partial charge in [0.15, 0.2) is 0 Å². The van der Waals surface area contributed by atoms with Gasteiger partial charge in [-0.1, -0.05) is 0 Å². The van der Waals surface area contributed by atoms with Crippen molar-refractivity contribution in [1.82, 2.24) is 15.1 Å². The molecule has 2 fully saturated rings. The fraction of sp³-hybridized carbons (Fsp3) is 0.923. The first kappa shape index (κ1) is 13.8. The van der Waals surface area contributed by atoms with Crippen LogP contribution in [0.4, 0.5) is 0 Å². The molecule has 0 aliphatic carbocycles. The van der Waals surface area contributed by atoms with E-state index in [9.17, 15) is 4.79 Å². The van der Waals surface area contributed by atoms with Gasteiger partial charge >= 0.3 is 0 Å². The highest BCUT2D eigenvalue weighted by molar-refractivity contribution is 5.77. The van der Waals surface area contributed by atoms with E-state index in [1.54, 1.807) is 0 Å². The Hall–Kier alpha value is -0.650. The maximum absolute atomic E-state index is 12.4. The molecule has 2 aliphatic rings. The second-order valence-corrected chi connectivity index (χ2v) is 5.49. The third kappa shape index (κ3) is 3.43. The van der Waals surface area contributed by atoms with Gasteiger partial charge in [-0.2, -0.15) is 0 Å². The maximum Gasteiger partial charge on any atom is 0.223 e. The summed E-state index contributed by atoms with van der Waals surface area (Å²) in [6, 6.07) is 0.204. The molecule has 0 aromatic rings. The Morgan fingerprint density at radius 1 is 1.44 bits per heavy atom. The highest BCUT2D eigenvalue weighted by Gasteiger charge is 2.30. The van der Waals surface area contributed by atoms with Crippen LogP contribution in [0.5, 0.6) is 0 Å². The number of hydrogen-bond acceptors (Lipinski definition) is 4. The Bertz CT molecular complexity index is 283. The van der Waals surface area contributed by atoms with Crippen molar-refractivity contribution in [1.29, 1.82) is 0 Å². The standard InChI is InChI=1S/C13H25N3O2/c1-14-8-12-10-18-6-5-16(12)13(17)7-11-3-4-15(2)9-11/h11-12,14H,3-10H2,1-2H3. The fourth-order valence-electron chi connectivity index (χ4n) is 2.95. The Balaban J connectivity index is 1.85. The molecule has 104 valence electrons. The molecular weight excluding hydrogens is 230 g/mol. The van der Waals surface area contributed by atoms with Crippen LogP contribution in [-0.4, -0.2) is 75.2 Å². The van der Waals surface area contributed by atoms with Crippen LogP contribution in [0.3, 0.4) is 0 Å². The number of nitrogens with zero attached hydrogens (tertiary/aromatic N) is 2. The molecule has 2 saturated heterocycles. The molecule has 2 atom stereocenters. The number of rotatable bonds is 4. The lowest BCUT2D eigenvalue weighted by molar-refractivity contribution is -0.140. The van der Waals surface area contributed by atoms with Gasteiger partial charge in [-0.15, -0.1) is 0 Å². The van der Waals surface area contributed by atoms with E-state index < -0.39 is 0 Å². The first-order chi connectivity index (χ1) is 8.70. The zero-order valence-electron chi connectivity index (χ0n) is 11.5. The van der Waals surface area contributed by atoms with E-state index in [1.165, 1.54) is 0 Å². The largest absolute Gasteiger partial charge is 0.377 e. The van der Waals surface area contributed by atoms with Gasteiger partial charge in [0, 0.05) is 26.1 Å². The molecule has 0 aromatic carbocycles. The van der Waals surface area contributed by atoms with Crippen molar-refractivity contribution in [2.45, 2.75) is 18.9 Å². The third-order valence-corrected chi connectivity index (χ3v) is 3.94. The SMILES string of the molecule is CNCC1COCCN1C(=O)CC1CCN(C)C1. The summed E-state index contributed by atoms with van der Waals surface area (Å²) in [5.74, 6) is 0.847. The van der Waals surface area contributed by atoms with Crippen LogP contribution in [0.15, 0.2) is 0 Å². The van der Waals surface area contributed by atoms with E-state index in [4.69, 9.17) is 4.74 Å². The molecule has 0 saturated carbocycles. The zero-order chi connectivity index (χ0) is 13.0. The van der Waals surface area contributed by atoms with Crippen molar-refractivity contribution in [3.05, 3.63) is 0 Å². The predicted octanol–water partition coefficient (Wildman–Crippen LogP) is -0.225. The zero-order valence-corrected chi connectivity index (χ0v) is 11.5. The summed E-state index contributed by atoms with van der Waals surface area (Å²) < 4.78 is 5.46. The molecule has 0 spiro atoms. The van der Waals surface area contributed by atoms with Gasteiger partial charge in [-0.25, -0.2) is 0 Å². The van der Waals surface area contributed by atoms with Crippen LogP contribution in [0, 0.1) is 5.92 Å². The monoisotopic (exact) mass is 255 g/mol. The number of ether oxygens (including phenoxy) is 1. The highest BCUT2D eigenvalue weighted by Crippen LogP contribution is 2.20. The summed E-state index contributed by atoms with van der Waals surface area (Å²) in [5, 5.41) is 3.14. The number of likely N-dealkylation sites (tertiary alicyclic amines) is 1. The van der Waals surface area contributed by atoms with Gasteiger partial charge in [0.2, 0.25) is 5.91 Å². The molecule has 5 heteroatoms. The number of hydrogen-bond donors (Lipinski definition) is 1. The Morgan fingerprint density at radius 2 is 2.28 bits per heavy atom. The summed E-state index contributed by atoms with van der Waals surface area (Å²) in [5.41, 5.74) is 0. The number of likely N-dealkylation sites (N-methyl/N-ethyl adjacent to an activating group) is 1. The minimum absolute atomic E-state index is 0.204. The smallest absolute Gasteiger partial charge is 0.223 e. The minimum atomic E-state index is 0.204. The summed E-state index contributed by atoms with van der Waals surface area (Å²) >= 11 is 0. The lowest BCUT2D eigenvalue weighted by Crippen LogP contribution is -2.52. The van der Waals surface area contributed by atoms with Gasteiger partial charge in [0.25, 0.3) is 0 Å². The molecule has 2 heterocycles. The molecule has 2 unspecified atom stereocenters. The molecule has 1 N–H and O–H groups in total. The molecule has 0 aromatic heterocycles. The molecule has 0 bridgehead atoms. The summed E-state index contributed by atoms with van der Waals surface area (Å²) in [4.78, 5) is 16.7. The number of amides is 1. The predicted molar refractivity (Wildman–Crippen MR) is 70.5 cm³/mol. The van der Waals surface area contributed by atoms with E-state index in [0.717, 1.165) is 32.6 Å². The number of carbonyl (C=O) groups is 1. The topological polar surface area (TPSA) is 44.8 Å². The van der Waals surface area contributed by atoms with Crippen LogP contribution in [0.2, 0.25) is 0 Å². The third-order valence-electron chi connectivity index (χ3n) is 3.94. The van der Waals surface area contributed by atoms with Crippen LogP contribution in [0.25, 0.3) is 0 Å². The van der Waals surface area contributed by atoms with E-state index >= 15 is 0 Å². The molecule has 2 aliphatic heterocycles. The Labute approximate surface area is 109 Å². The lowest BCUT2D eigenvalue weighted by Gasteiger charge is -2.36. The minimum Gasteiger partial charge on any atom is -0.377 e. The van der Waals surface area contributed by atoms with E-state index in [1.807, 2.05) is 11.9 Å². The van der Waals surface area contributed by atoms with Crippen molar-refractivity contribution < 1.29 is 9.53 Å². The quantitative estimate of drug-likeness (QED) is 0.754. The second-order valence-electron chi connectivity index (χ2n) is 5.49. The molecule has 18 heavy (non-hydrogen) atoms. The van der Waals surface area contributed by atoms with Crippen molar-refractivity contribution in [3.8, 4) is 0 Å². The number of carbonyl (C=O) groups excluding carboxylic acids is 1. The summed E-state index contributed by atoms with van der Waals surface area (Å²) in [7, 11) is 4.05. The van der Waals surface area contributed by atoms with Gasteiger partial charge < -0.3 is 19.9 Å². The van der Waals surface area contributed by atoms with Gasteiger partial charge in [0.1, 0.15) is 0 Å². The van der Waals surface area contributed by atoms with Gasteiger partial charge in [-0.3, -0.25) is 4.79 Å². The second kappa shape index (κ2) is 6.50. The maximum atomic E-state index is 12.4. The van der Waals surface area contributed by atoms with E-state index in [2.05, 4.69) is 17.3 Å². The van der Waals surface area contributed by atoms with Crippen LogP contribution >= 0.6 is 0 Å². The van der Waals surface area contributed by atoms with Gasteiger partial charge in [-0.05, 0) is 33.0 Å². The number of nitrogens with one attached hydrogen (secondary N) is 1. The Morgan fingerprint density at radius 3 is 2.94 bits per heavy atom. The average Bonchev–Trinajstić information content (AvgIpc) is 2.76. The highest BCUT2D eigenvalue weighted by atomic mass is 16.5. The first-order valence-electron chi connectivity index (χ1n) is 6.91. The average molecular weight is 255 g/mol. The summed E-state index contributed by atoms with van der Waals surface area (Å²) in [6.07, 6.45) is 1.85. The van der Waals surface area contributed by atoms with E-state index in [0.29, 0.717) is 31.5 Å². The van der Waals surface area contributed by atoms with Crippen LogP contribution in [-0.2, 0) is 9.53 Å². The van der Waals surface area contributed by atoms with Crippen molar-refractivity contribution in [3.63, 3.8) is 0 Å². The molecule has 5 nitrogen and oxygen atoms in total. The van der Waals surface area contributed by atoms with Crippen molar-refractivity contribution in [2.75, 3.05) is 53.5 Å². The summed E-state index contributed by atoms with van der Waals surface area (Å²) in [6.45, 7) is 5.09. The normalized spacial score (nSPS) is 29.8. The molecular formula is C13H25N3O2.